The second-order valence-corrected chi connectivity index (χ2v) is 7.26. The van der Waals surface area contributed by atoms with E-state index in [1.54, 1.807) is 23.5 Å². The Hall–Kier alpha value is -2.47. The molecule has 1 aromatic heterocycles. The third-order valence-electron chi connectivity index (χ3n) is 3.86. The van der Waals surface area contributed by atoms with Crippen LogP contribution in [0.2, 0.25) is 0 Å². The van der Waals surface area contributed by atoms with Crippen molar-refractivity contribution in [2.75, 3.05) is 0 Å². The van der Waals surface area contributed by atoms with Crippen molar-refractivity contribution in [2.24, 2.45) is 0 Å². The van der Waals surface area contributed by atoms with Crippen LogP contribution in [-0.4, -0.2) is 17.6 Å². The normalized spacial score (nSPS) is 10.4. The van der Waals surface area contributed by atoms with E-state index in [1.165, 1.54) is 0 Å². The quantitative estimate of drug-likeness (QED) is 0.614. The maximum absolute atomic E-state index is 12.1. The minimum atomic E-state index is -0.392. The molecule has 0 spiro atoms. The van der Waals surface area contributed by atoms with Gasteiger partial charge in [-0.1, -0.05) is 19.1 Å². The second kappa shape index (κ2) is 8.58. The Morgan fingerprint density at radius 3 is 2.24 bits per heavy atom. The number of carbonyl (C=O) groups excluding carboxylic acids is 3. The molecule has 2 aromatic rings. The van der Waals surface area contributed by atoms with Gasteiger partial charge in [0.2, 0.25) is 5.91 Å². The van der Waals surface area contributed by atoms with Gasteiger partial charge in [0, 0.05) is 33.7 Å². The largest absolute Gasteiger partial charge is 0.294 e. The van der Waals surface area contributed by atoms with Crippen LogP contribution in [0.5, 0.6) is 0 Å². The molecule has 6 heteroatoms. The summed E-state index contributed by atoms with van der Waals surface area (Å²) < 4.78 is 0. The molecular weight excluding hydrogens is 336 g/mol. The summed E-state index contributed by atoms with van der Waals surface area (Å²) >= 11 is 1.57. The van der Waals surface area contributed by atoms with Crippen molar-refractivity contribution in [3.63, 3.8) is 0 Å². The van der Waals surface area contributed by atoms with Gasteiger partial charge in [0.25, 0.3) is 5.91 Å². The Kier molecular flexibility index (Phi) is 6.47. The van der Waals surface area contributed by atoms with Crippen molar-refractivity contribution >= 4 is 28.9 Å². The van der Waals surface area contributed by atoms with Gasteiger partial charge in [0.15, 0.2) is 5.78 Å². The first kappa shape index (κ1) is 18.9. The molecule has 0 fully saturated rings. The van der Waals surface area contributed by atoms with E-state index in [9.17, 15) is 14.4 Å². The Bertz CT molecular complexity index is 778. The maximum atomic E-state index is 12.1. The van der Waals surface area contributed by atoms with Gasteiger partial charge >= 0.3 is 0 Å². The van der Waals surface area contributed by atoms with Crippen LogP contribution in [0, 0.1) is 13.8 Å². The highest BCUT2D eigenvalue weighted by Gasteiger charge is 2.14. The van der Waals surface area contributed by atoms with Crippen LogP contribution in [-0.2, 0) is 11.2 Å². The minimum Gasteiger partial charge on any atom is -0.294 e. The molecule has 2 amide bonds. The summed E-state index contributed by atoms with van der Waals surface area (Å²) in [5.74, 6) is -0.832. The molecule has 2 rings (SSSR count). The van der Waals surface area contributed by atoms with Crippen molar-refractivity contribution in [1.29, 1.82) is 0 Å². The first-order valence-corrected chi connectivity index (χ1v) is 9.00. The molecule has 1 aromatic carbocycles. The number of hydrazine groups is 1. The number of rotatable bonds is 6. The third kappa shape index (κ3) is 5.26. The van der Waals surface area contributed by atoms with E-state index in [1.807, 2.05) is 39.0 Å². The molecule has 0 bridgehead atoms. The van der Waals surface area contributed by atoms with E-state index >= 15 is 0 Å². The summed E-state index contributed by atoms with van der Waals surface area (Å²) in [4.78, 5) is 38.0. The fourth-order valence-electron chi connectivity index (χ4n) is 2.42. The van der Waals surface area contributed by atoms with Gasteiger partial charge in [-0.2, -0.15) is 0 Å². The summed E-state index contributed by atoms with van der Waals surface area (Å²) in [6, 6.07) is 9.03. The molecule has 0 radical (unpaired) electrons. The highest BCUT2D eigenvalue weighted by Crippen LogP contribution is 2.22. The van der Waals surface area contributed by atoms with Crippen molar-refractivity contribution in [3.8, 4) is 0 Å². The molecule has 0 aliphatic heterocycles. The number of nitrogens with one attached hydrogen (secondary N) is 2. The molecule has 0 aliphatic rings. The predicted molar refractivity (Wildman–Crippen MR) is 98.8 cm³/mol. The lowest BCUT2D eigenvalue weighted by Gasteiger charge is -2.07. The van der Waals surface area contributed by atoms with Gasteiger partial charge in [-0.15, -0.1) is 11.3 Å². The summed E-state index contributed by atoms with van der Waals surface area (Å²) in [6.45, 7) is 5.88. The monoisotopic (exact) mass is 358 g/mol. The molecule has 0 saturated carbocycles. The number of hydrogen-bond acceptors (Lipinski definition) is 4. The number of benzene rings is 1. The van der Waals surface area contributed by atoms with Crippen LogP contribution in [0.1, 0.15) is 55.8 Å². The Morgan fingerprint density at radius 1 is 1.00 bits per heavy atom. The molecule has 5 nitrogen and oxygen atoms in total. The van der Waals surface area contributed by atoms with Gasteiger partial charge in [0.1, 0.15) is 0 Å². The molecule has 0 unspecified atom stereocenters. The predicted octanol–water partition coefficient (Wildman–Crippen LogP) is 3.35. The molecular formula is C19H22N2O3S. The zero-order chi connectivity index (χ0) is 18.4. The van der Waals surface area contributed by atoms with Crippen LogP contribution in [0.25, 0.3) is 0 Å². The van der Waals surface area contributed by atoms with E-state index < -0.39 is 5.91 Å². The molecule has 25 heavy (non-hydrogen) atoms. The summed E-state index contributed by atoms with van der Waals surface area (Å²) in [5.41, 5.74) is 7.00. The zero-order valence-corrected chi connectivity index (χ0v) is 15.5. The van der Waals surface area contributed by atoms with Crippen molar-refractivity contribution < 1.29 is 14.4 Å². The number of aryl methyl sites for hydroxylation is 3. The van der Waals surface area contributed by atoms with Crippen LogP contribution >= 0.6 is 11.3 Å². The first-order valence-electron chi connectivity index (χ1n) is 8.19. The van der Waals surface area contributed by atoms with E-state index in [2.05, 4.69) is 10.9 Å². The zero-order valence-electron chi connectivity index (χ0n) is 14.6. The number of ketones is 1. The van der Waals surface area contributed by atoms with Gasteiger partial charge in [-0.05, 0) is 44.0 Å². The van der Waals surface area contributed by atoms with Crippen molar-refractivity contribution in [1.82, 2.24) is 10.9 Å². The lowest BCUT2D eigenvalue weighted by Crippen LogP contribution is -2.41. The second-order valence-electron chi connectivity index (χ2n) is 5.80. The number of amides is 2. The fraction of sp³-hybridized carbons (Fsp3) is 0.316. The highest BCUT2D eigenvalue weighted by molar-refractivity contribution is 7.12. The van der Waals surface area contributed by atoms with Gasteiger partial charge in [-0.3, -0.25) is 25.2 Å². The van der Waals surface area contributed by atoms with Gasteiger partial charge in [0.05, 0.1) is 0 Å². The Balaban J connectivity index is 1.79. The van der Waals surface area contributed by atoms with Crippen LogP contribution in [0.15, 0.2) is 30.3 Å². The van der Waals surface area contributed by atoms with Gasteiger partial charge in [-0.25, -0.2) is 0 Å². The summed E-state index contributed by atoms with van der Waals surface area (Å²) in [5, 5.41) is 0. The standard InChI is InChI=1S/C19H22N2O3S/c1-4-14-5-7-15(8-6-14)19(24)21-20-18(23)10-9-17(22)16-11-12(2)25-13(16)3/h5-8,11H,4,9-10H2,1-3H3,(H,20,23)(H,21,24). The summed E-state index contributed by atoms with van der Waals surface area (Å²) in [7, 11) is 0. The Morgan fingerprint density at radius 2 is 1.68 bits per heavy atom. The SMILES string of the molecule is CCc1ccc(C(=O)NNC(=O)CCC(=O)c2cc(C)sc2C)cc1. The van der Waals surface area contributed by atoms with E-state index in [4.69, 9.17) is 0 Å². The average Bonchev–Trinajstić information content (AvgIpc) is 2.96. The van der Waals surface area contributed by atoms with Crippen LogP contribution < -0.4 is 10.9 Å². The lowest BCUT2D eigenvalue weighted by atomic mass is 10.1. The minimum absolute atomic E-state index is 0.0300. The average molecular weight is 358 g/mol. The molecule has 1 heterocycles. The summed E-state index contributed by atoms with van der Waals surface area (Å²) in [6.07, 6.45) is 1.04. The molecule has 0 atom stereocenters. The lowest BCUT2D eigenvalue weighted by molar-refractivity contribution is -0.121. The third-order valence-corrected chi connectivity index (χ3v) is 4.83. The Labute approximate surface area is 151 Å². The first-order chi connectivity index (χ1) is 11.9. The van der Waals surface area contributed by atoms with Gasteiger partial charge < -0.3 is 0 Å². The smallest absolute Gasteiger partial charge is 0.269 e. The number of carbonyl (C=O) groups is 3. The number of hydrogen-bond donors (Lipinski definition) is 2. The molecule has 132 valence electrons. The maximum Gasteiger partial charge on any atom is 0.269 e. The topological polar surface area (TPSA) is 75.3 Å². The van der Waals surface area contributed by atoms with E-state index in [0.29, 0.717) is 11.1 Å². The molecule has 0 saturated heterocycles. The van der Waals surface area contributed by atoms with Crippen molar-refractivity contribution in [2.45, 2.75) is 40.0 Å². The van der Waals surface area contributed by atoms with Crippen LogP contribution in [0.4, 0.5) is 0 Å². The van der Waals surface area contributed by atoms with E-state index in [-0.39, 0.29) is 24.5 Å². The number of thiophene rings is 1. The van der Waals surface area contributed by atoms with Crippen molar-refractivity contribution in [3.05, 3.63) is 56.8 Å². The molecule has 2 N–H and O–H groups in total. The fourth-order valence-corrected chi connectivity index (χ4v) is 3.36. The number of Topliss-reactive ketones (excluding diaryl/α,β-unsaturated/α-hetero) is 1. The highest BCUT2D eigenvalue weighted by atomic mass is 32.1. The van der Waals surface area contributed by atoms with Crippen LogP contribution in [0.3, 0.4) is 0 Å². The molecule has 0 aliphatic carbocycles. The van der Waals surface area contributed by atoms with E-state index in [0.717, 1.165) is 21.7 Å².